The number of likely N-dealkylation sites (tertiary alicyclic amines) is 1. The van der Waals surface area contributed by atoms with Gasteiger partial charge in [0.25, 0.3) is 0 Å². The molecular weight excluding hydrogens is 344 g/mol. The van der Waals surface area contributed by atoms with E-state index in [2.05, 4.69) is 5.32 Å². The van der Waals surface area contributed by atoms with Gasteiger partial charge >= 0.3 is 5.97 Å². The zero-order valence-electron chi connectivity index (χ0n) is 13.6. The lowest BCUT2D eigenvalue weighted by molar-refractivity contribution is -0.142. The molecule has 2 N–H and O–H groups in total. The van der Waals surface area contributed by atoms with E-state index in [1.807, 2.05) is 18.2 Å². The van der Waals surface area contributed by atoms with Gasteiger partial charge < -0.3 is 14.8 Å². The van der Waals surface area contributed by atoms with Gasteiger partial charge in [0.1, 0.15) is 17.6 Å². The fourth-order valence-electron chi connectivity index (χ4n) is 2.96. The minimum absolute atomic E-state index is 0.0850. The fourth-order valence-corrected chi connectivity index (χ4v) is 3.09. The highest BCUT2D eigenvalue weighted by molar-refractivity contribution is 6.30. The summed E-state index contributed by atoms with van der Waals surface area (Å²) >= 11 is 5.87. The van der Waals surface area contributed by atoms with Gasteiger partial charge in [0.15, 0.2) is 0 Å². The van der Waals surface area contributed by atoms with Crippen LogP contribution in [0.4, 0.5) is 0 Å². The number of hydrogen-bond donors (Lipinski definition) is 2. The van der Waals surface area contributed by atoms with Gasteiger partial charge in [-0.25, -0.2) is 0 Å². The number of carbonyl (C=O) groups is 2. The second-order valence-corrected chi connectivity index (χ2v) is 6.45. The van der Waals surface area contributed by atoms with Gasteiger partial charge in [-0.15, -0.1) is 0 Å². The van der Waals surface area contributed by atoms with Crippen molar-refractivity contribution in [3.05, 3.63) is 47.2 Å². The highest BCUT2D eigenvalue weighted by Crippen LogP contribution is 2.23. The van der Waals surface area contributed by atoms with E-state index >= 15 is 0 Å². The molecule has 2 aromatic rings. The number of nitrogens with zero attached hydrogens (tertiary/aromatic N) is 1. The molecule has 1 atom stereocenters. The van der Waals surface area contributed by atoms with Gasteiger partial charge in [-0.3, -0.25) is 14.5 Å². The van der Waals surface area contributed by atoms with Gasteiger partial charge in [0.05, 0.1) is 13.1 Å². The molecule has 0 saturated carbocycles. The predicted octanol–water partition coefficient (Wildman–Crippen LogP) is 2.77. The minimum atomic E-state index is -0.871. The quantitative estimate of drug-likeness (QED) is 0.825. The number of carboxylic acid groups (broad SMARTS) is 1. The van der Waals surface area contributed by atoms with E-state index in [0.717, 1.165) is 12.0 Å². The second kappa shape index (κ2) is 7.72. The Hall–Kier alpha value is -2.31. The topological polar surface area (TPSA) is 82.8 Å². The van der Waals surface area contributed by atoms with Crippen molar-refractivity contribution >= 4 is 23.5 Å². The first-order valence-electron chi connectivity index (χ1n) is 8.11. The summed E-state index contributed by atoms with van der Waals surface area (Å²) in [5.41, 5.74) is 0.906. The van der Waals surface area contributed by atoms with Crippen LogP contribution in [0.15, 0.2) is 40.8 Å². The molecule has 0 unspecified atom stereocenters. The van der Waals surface area contributed by atoms with Gasteiger partial charge in [-0.2, -0.15) is 0 Å². The molecule has 2 heterocycles. The zero-order valence-corrected chi connectivity index (χ0v) is 14.3. The fraction of sp³-hybridized carbons (Fsp3) is 0.333. The van der Waals surface area contributed by atoms with Crippen LogP contribution in [-0.2, 0) is 16.1 Å². The van der Waals surface area contributed by atoms with E-state index in [1.54, 1.807) is 23.1 Å². The molecule has 0 aliphatic carbocycles. The van der Waals surface area contributed by atoms with Gasteiger partial charge in [0, 0.05) is 10.6 Å². The van der Waals surface area contributed by atoms with Crippen LogP contribution in [0.1, 0.15) is 18.6 Å². The third kappa shape index (κ3) is 4.41. The van der Waals surface area contributed by atoms with Crippen LogP contribution in [-0.4, -0.2) is 41.0 Å². The number of carboxylic acids is 1. The molecule has 6 nitrogen and oxygen atoms in total. The molecule has 0 radical (unpaired) electrons. The summed E-state index contributed by atoms with van der Waals surface area (Å²) in [6, 6.07) is 10.4. The normalized spacial score (nSPS) is 17.6. The standard InChI is InChI=1S/C18H19ClN2O4/c19-13-5-3-12(4-6-13)16-8-7-14(25-16)10-20-17(22)11-21-9-1-2-15(21)18(23)24/h3-8,15H,1-2,9-11H2,(H,20,22)(H,23,24)/t15-/m1/s1. The van der Waals surface area contributed by atoms with Crippen LogP contribution in [0.25, 0.3) is 11.3 Å². The zero-order chi connectivity index (χ0) is 17.8. The summed E-state index contributed by atoms with van der Waals surface area (Å²) in [5, 5.41) is 12.6. The Labute approximate surface area is 150 Å². The van der Waals surface area contributed by atoms with Crippen LogP contribution in [0.2, 0.25) is 5.02 Å². The Kier molecular flexibility index (Phi) is 5.40. The number of amides is 1. The molecule has 1 saturated heterocycles. The number of furan rings is 1. The lowest BCUT2D eigenvalue weighted by atomic mass is 10.2. The van der Waals surface area contributed by atoms with Crippen molar-refractivity contribution in [1.29, 1.82) is 0 Å². The maximum absolute atomic E-state index is 12.1. The molecule has 1 fully saturated rings. The number of carbonyl (C=O) groups excluding carboxylic acids is 1. The Balaban J connectivity index is 1.52. The average Bonchev–Trinajstić information content (AvgIpc) is 3.23. The van der Waals surface area contributed by atoms with Crippen molar-refractivity contribution in [2.75, 3.05) is 13.1 Å². The van der Waals surface area contributed by atoms with E-state index in [-0.39, 0.29) is 19.0 Å². The maximum Gasteiger partial charge on any atom is 0.320 e. The molecule has 0 spiro atoms. The first-order valence-corrected chi connectivity index (χ1v) is 8.49. The van der Waals surface area contributed by atoms with Crippen LogP contribution in [0.5, 0.6) is 0 Å². The summed E-state index contributed by atoms with van der Waals surface area (Å²) in [6.07, 6.45) is 1.39. The Bertz CT molecular complexity index is 757. The lowest BCUT2D eigenvalue weighted by Crippen LogP contribution is -2.42. The van der Waals surface area contributed by atoms with Crippen molar-refractivity contribution in [2.45, 2.75) is 25.4 Å². The Morgan fingerprint density at radius 1 is 1.24 bits per heavy atom. The Morgan fingerprint density at radius 3 is 2.72 bits per heavy atom. The highest BCUT2D eigenvalue weighted by atomic mass is 35.5. The van der Waals surface area contributed by atoms with Crippen molar-refractivity contribution in [3.63, 3.8) is 0 Å². The number of aliphatic carboxylic acids is 1. The van der Waals surface area contributed by atoms with E-state index in [1.165, 1.54) is 0 Å². The van der Waals surface area contributed by atoms with Gasteiger partial charge in [0.2, 0.25) is 5.91 Å². The largest absolute Gasteiger partial charge is 0.480 e. The first-order chi connectivity index (χ1) is 12.0. The SMILES string of the molecule is O=C(CN1CCC[C@@H]1C(=O)O)NCc1ccc(-c2ccc(Cl)cc2)o1. The summed E-state index contributed by atoms with van der Waals surface area (Å²) in [4.78, 5) is 24.9. The molecule has 7 heteroatoms. The third-order valence-corrected chi connectivity index (χ3v) is 4.50. The summed E-state index contributed by atoms with van der Waals surface area (Å²) in [7, 11) is 0. The van der Waals surface area contributed by atoms with Gasteiger partial charge in [-0.05, 0) is 55.8 Å². The molecule has 25 heavy (non-hydrogen) atoms. The minimum Gasteiger partial charge on any atom is -0.480 e. The molecule has 1 aromatic carbocycles. The monoisotopic (exact) mass is 362 g/mol. The number of benzene rings is 1. The van der Waals surface area contributed by atoms with Crippen molar-refractivity contribution in [3.8, 4) is 11.3 Å². The van der Waals surface area contributed by atoms with Crippen LogP contribution in [0, 0.1) is 0 Å². The molecule has 1 amide bonds. The molecular formula is C18H19ClN2O4. The van der Waals surface area contributed by atoms with E-state index in [4.69, 9.17) is 21.1 Å². The summed E-state index contributed by atoms with van der Waals surface area (Å²) in [5.74, 6) is 0.252. The molecule has 1 aliphatic rings. The number of hydrogen-bond acceptors (Lipinski definition) is 4. The molecule has 1 aromatic heterocycles. The number of rotatable bonds is 6. The summed E-state index contributed by atoms with van der Waals surface area (Å²) in [6.45, 7) is 0.978. The average molecular weight is 363 g/mol. The second-order valence-electron chi connectivity index (χ2n) is 6.02. The van der Waals surface area contributed by atoms with Crippen LogP contribution >= 0.6 is 11.6 Å². The molecule has 1 aliphatic heterocycles. The van der Waals surface area contributed by atoms with Crippen molar-refractivity contribution in [1.82, 2.24) is 10.2 Å². The van der Waals surface area contributed by atoms with Crippen LogP contribution in [0.3, 0.4) is 0 Å². The molecule has 0 bridgehead atoms. The van der Waals surface area contributed by atoms with E-state index in [0.29, 0.717) is 29.5 Å². The summed E-state index contributed by atoms with van der Waals surface area (Å²) < 4.78 is 5.72. The van der Waals surface area contributed by atoms with Gasteiger partial charge in [-0.1, -0.05) is 11.6 Å². The number of nitrogens with one attached hydrogen (secondary N) is 1. The Morgan fingerprint density at radius 2 is 2.00 bits per heavy atom. The number of halogens is 1. The highest BCUT2D eigenvalue weighted by Gasteiger charge is 2.31. The van der Waals surface area contributed by atoms with Crippen molar-refractivity contribution < 1.29 is 19.1 Å². The maximum atomic E-state index is 12.1. The first kappa shape index (κ1) is 17.5. The van der Waals surface area contributed by atoms with Crippen LogP contribution < -0.4 is 5.32 Å². The molecule has 3 rings (SSSR count). The third-order valence-electron chi connectivity index (χ3n) is 4.25. The van der Waals surface area contributed by atoms with Crippen molar-refractivity contribution in [2.24, 2.45) is 0 Å². The predicted molar refractivity (Wildman–Crippen MR) is 93.2 cm³/mol. The lowest BCUT2D eigenvalue weighted by Gasteiger charge is -2.19. The smallest absolute Gasteiger partial charge is 0.320 e. The van der Waals surface area contributed by atoms with E-state index < -0.39 is 12.0 Å². The van der Waals surface area contributed by atoms with E-state index in [9.17, 15) is 9.59 Å². The molecule has 132 valence electrons.